The van der Waals surface area contributed by atoms with Crippen LogP contribution in [0, 0.1) is 11.3 Å². The fourth-order valence-corrected chi connectivity index (χ4v) is 12.4. The van der Waals surface area contributed by atoms with E-state index in [1.165, 1.54) is 0 Å². The highest BCUT2D eigenvalue weighted by molar-refractivity contribution is 6.18. The molecular formula is C77H47N5O. The first-order valence-corrected chi connectivity index (χ1v) is 27.9. The van der Waals surface area contributed by atoms with E-state index in [9.17, 15) is 5.26 Å². The van der Waals surface area contributed by atoms with E-state index in [4.69, 9.17) is 14.4 Å². The van der Waals surface area contributed by atoms with Gasteiger partial charge in [-0.1, -0.05) is 218 Å². The van der Waals surface area contributed by atoms with Crippen LogP contribution in [0.15, 0.2) is 290 Å². The second-order valence-corrected chi connectivity index (χ2v) is 21.1. The summed E-state index contributed by atoms with van der Waals surface area (Å²) in [5.41, 5.74) is 20.0. The van der Waals surface area contributed by atoms with Gasteiger partial charge >= 0.3 is 0 Å². The van der Waals surface area contributed by atoms with Gasteiger partial charge in [0.25, 0.3) is 0 Å². The highest BCUT2D eigenvalue weighted by atomic mass is 16.3. The molecule has 0 aliphatic heterocycles. The van der Waals surface area contributed by atoms with E-state index in [0.29, 0.717) is 28.2 Å². The number of nitriles is 1. The summed E-state index contributed by atoms with van der Waals surface area (Å²) in [6, 6.07) is 103. The first kappa shape index (κ1) is 47.6. The maximum Gasteiger partial charge on any atom is 0.164 e. The Bertz CT molecular complexity index is 4980. The zero-order chi connectivity index (χ0) is 55.0. The van der Waals surface area contributed by atoms with Crippen LogP contribution < -0.4 is 0 Å². The molecule has 0 N–H and O–H groups in total. The van der Waals surface area contributed by atoms with Crippen LogP contribution in [0.5, 0.6) is 0 Å². The second-order valence-electron chi connectivity index (χ2n) is 21.1. The Morgan fingerprint density at radius 3 is 1.06 bits per heavy atom. The van der Waals surface area contributed by atoms with Gasteiger partial charge in [-0.3, -0.25) is 0 Å². The average Bonchev–Trinajstić information content (AvgIpc) is 1.89. The summed E-state index contributed by atoms with van der Waals surface area (Å²) in [5, 5.41) is 18.2. The van der Waals surface area contributed by atoms with Gasteiger partial charge < -0.3 is 13.6 Å². The normalized spacial score (nSPS) is 11.6. The molecule has 0 saturated carbocycles. The SMILES string of the molecule is N#Cc1c(-n2c3ccc(-c4ccccc4)cc3c3cc(-c4ccccc4)ccc32)cc2c(oc3c(-c4nc(-c5ccccc5)cc(-c5ccccc5)n4)cccc32)c1-n1c2ccc(-c3ccccc3)cc2c2cc(-c3ccccc3)ccc21. The van der Waals surface area contributed by atoms with E-state index >= 15 is 0 Å². The van der Waals surface area contributed by atoms with E-state index < -0.39 is 0 Å². The molecule has 16 aromatic rings. The van der Waals surface area contributed by atoms with E-state index in [1.54, 1.807) is 0 Å². The van der Waals surface area contributed by atoms with Crippen molar-refractivity contribution < 1.29 is 4.42 Å². The number of hydrogen-bond donors (Lipinski definition) is 0. The van der Waals surface area contributed by atoms with Crippen molar-refractivity contribution in [3.8, 4) is 95.9 Å². The molecule has 16 rings (SSSR count). The Labute approximate surface area is 478 Å². The molecular weight excluding hydrogens is 1010 g/mol. The molecule has 0 fully saturated rings. The minimum Gasteiger partial charge on any atom is -0.453 e. The molecule has 0 unspecified atom stereocenters. The molecule has 12 aromatic carbocycles. The van der Waals surface area contributed by atoms with Gasteiger partial charge in [0, 0.05) is 43.4 Å². The van der Waals surface area contributed by atoms with Crippen molar-refractivity contribution >= 4 is 65.6 Å². The lowest BCUT2D eigenvalue weighted by atomic mass is 10.0. The predicted molar refractivity (Wildman–Crippen MR) is 341 cm³/mol. The molecule has 83 heavy (non-hydrogen) atoms. The van der Waals surface area contributed by atoms with Gasteiger partial charge in [0.2, 0.25) is 0 Å². The molecule has 0 bridgehead atoms. The van der Waals surface area contributed by atoms with Crippen LogP contribution in [0.1, 0.15) is 5.56 Å². The molecule has 0 aliphatic carbocycles. The quantitative estimate of drug-likeness (QED) is 0.144. The second kappa shape index (κ2) is 19.5. The lowest BCUT2D eigenvalue weighted by Gasteiger charge is -2.17. The summed E-state index contributed by atoms with van der Waals surface area (Å²) in [4.78, 5) is 10.7. The number of hydrogen-bond acceptors (Lipinski definition) is 4. The molecule has 0 spiro atoms. The van der Waals surface area contributed by atoms with Crippen molar-refractivity contribution in [2.24, 2.45) is 0 Å². The Morgan fingerprint density at radius 1 is 0.301 bits per heavy atom. The van der Waals surface area contributed by atoms with Crippen molar-refractivity contribution in [2.45, 2.75) is 0 Å². The number of para-hydroxylation sites is 1. The van der Waals surface area contributed by atoms with Crippen molar-refractivity contribution in [1.82, 2.24) is 19.1 Å². The lowest BCUT2D eigenvalue weighted by molar-refractivity contribution is 0.666. The van der Waals surface area contributed by atoms with Crippen LogP contribution in [0.2, 0.25) is 0 Å². The largest absolute Gasteiger partial charge is 0.453 e. The highest BCUT2D eigenvalue weighted by Crippen LogP contribution is 2.47. The van der Waals surface area contributed by atoms with E-state index in [1.807, 2.05) is 42.5 Å². The van der Waals surface area contributed by atoms with E-state index in [0.717, 1.165) is 133 Å². The number of aromatic nitrogens is 4. The zero-order valence-electron chi connectivity index (χ0n) is 44.8. The third kappa shape index (κ3) is 7.94. The summed E-state index contributed by atoms with van der Waals surface area (Å²) >= 11 is 0. The van der Waals surface area contributed by atoms with Gasteiger partial charge in [0.15, 0.2) is 11.4 Å². The summed E-state index contributed by atoms with van der Waals surface area (Å²) in [5.74, 6) is 0.529. The Kier molecular flexibility index (Phi) is 11.2. The average molecular weight is 1060 g/mol. The maximum atomic E-state index is 12.3. The van der Waals surface area contributed by atoms with Crippen LogP contribution in [0.4, 0.5) is 0 Å². The number of fused-ring (bicyclic) bond motifs is 9. The molecule has 0 atom stereocenters. The van der Waals surface area contributed by atoms with Gasteiger partial charge in [-0.25, -0.2) is 9.97 Å². The van der Waals surface area contributed by atoms with Crippen molar-refractivity contribution in [3.05, 3.63) is 291 Å². The fraction of sp³-hybridized carbons (Fsp3) is 0. The van der Waals surface area contributed by atoms with Crippen molar-refractivity contribution in [3.63, 3.8) is 0 Å². The minimum absolute atomic E-state index is 0.461. The van der Waals surface area contributed by atoms with Crippen LogP contribution in [-0.4, -0.2) is 19.1 Å². The molecule has 0 amide bonds. The molecule has 4 aromatic heterocycles. The van der Waals surface area contributed by atoms with Gasteiger partial charge in [-0.05, 0) is 111 Å². The topological polar surface area (TPSA) is 72.6 Å². The standard InChI is InChI=1S/C77H47N5O/c78-48-66-73(81-69-38-34-55(49-20-7-1-8-21-49)42-61(69)62-43-56(35-39-70(62)81)50-22-9-2-10-23-50)46-65-59-32-19-33-60(77-79-67(53-28-15-5-16-29-53)47-68(80-77)54-30-17-6-18-31-54)75(59)83-76(65)74(66)82-71-40-36-57(51-24-11-3-12-25-51)44-63(71)64-45-58(37-41-72(64)82)52-26-13-4-14-27-52/h1-47H. The van der Waals surface area contributed by atoms with E-state index in [2.05, 4.69) is 258 Å². The predicted octanol–water partition coefficient (Wildman–Crippen LogP) is 20.1. The van der Waals surface area contributed by atoms with Crippen LogP contribution in [-0.2, 0) is 0 Å². The molecule has 6 nitrogen and oxygen atoms in total. The summed E-state index contributed by atoms with van der Waals surface area (Å²) in [7, 11) is 0. The zero-order valence-corrected chi connectivity index (χ0v) is 44.8. The number of furan rings is 1. The smallest absolute Gasteiger partial charge is 0.164 e. The first-order valence-electron chi connectivity index (χ1n) is 27.9. The number of rotatable bonds is 9. The van der Waals surface area contributed by atoms with Crippen molar-refractivity contribution in [1.29, 1.82) is 5.26 Å². The molecule has 0 saturated heterocycles. The van der Waals surface area contributed by atoms with Crippen LogP contribution >= 0.6 is 0 Å². The highest BCUT2D eigenvalue weighted by Gasteiger charge is 2.29. The number of nitrogens with zero attached hydrogens (tertiary/aromatic N) is 5. The third-order valence-corrected chi connectivity index (χ3v) is 16.4. The molecule has 0 radical (unpaired) electrons. The molecule has 386 valence electrons. The molecule has 0 aliphatic rings. The minimum atomic E-state index is 0.461. The maximum absolute atomic E-state index is 12.3. The summed E-state index contributed by atoms with van der Waals surface area (Å²) < 4.78 is 12.1. The van der Waals surface area contributed by atoms with Crippen LogP contribution in [0.25, 0.3) is 155 Å². The Hall–Kier alpha value is -11.4. The first-order chi connectivity index (χ1) is 41.1. The molecule has 6 heteroatoms. The van der Waals surface area contributed by atoms with Gasteiger partial charge in [0.1, 0.15) is 22.9 Å². The fourth-order valence-electron chi connectivity index (χ4n) is 12.4. The summed E-state index contributed by atoms with van der Waals surface area (Å²) in [6.07, 6.45) is 0. The van der Waals surface area contributed by atoms with E-state index in [-0.39, 0.29) is 0 Å². The third-order valence-electron chi connectivity index (χ3n) is 16.4. The monoisotopic (exact) mass is 1060 g/mol. The van der Waals surface area contributed by atoms with Gasteiger partial charge in [-0.15, -0.1) is 0 Å². The van der Waals surface area contributed by atoms with Gasteiger partial charge in [-0.2, -0.15) is 5.26 Å². The summed E-state index contributed by atoms with van der Waals surface area (Å²) in [6.45, 7) is 0. The Morgan fingerprint density at radius 2 is 0.675 bits per heavy atom. The lowest BCUT2D eigenvalue weighted by Crippen LogP contribution is -2.05. The van der Waals surface area contributed by atoms with Gasteiger partial charge in [0.05, 0.1) is 44.7 Å². The Balaban J connectivity index is 1.04. The van der Waals surface area contributed by atoms with Crippen LogP contribution in [0.3, 0.4) is 0 Å². The molecule has 4 heterocycles. The van der Waals surface area contributed by atoms with Crippen molar-refractivity contribution in [2.75, 3.05) is 0 Å². The number of benzene rings is 12.